The van der Waals surface area contributed by atoms with Crippen LogP contribution < -0.4 is 10.5 Å². The number of anilines is 1. The third kappa shape index (κ3) is 5.79. The number of nitrogens with one attached hydrogen (secondary N) is 1. The van der Waals surface area contributed by atoms with E-state index in [1.54, 1.807) is 13.8 Å². The molecule has 0 aliphatic carbocycles. The summed E-state index contributed by atoms with van der Waals surface area (Å²) in [6.45, 7) is 9.92. The van der Waals surface area contributed by atoms with E-state index in [2.05, 4.69) is 9.97 Å². The standard InChI is InChI=1S/C19H30N4O5/c1-5-28-17(25)12-23(13(2)3)16(24)7-6-15-14(4)20-19(21-18(15)26)22-8-10-27-11-9-22/h13H,5-12H2,1-4H3,(H,20,21,26). The molecule has 2 heterocycles. The molecule has 9 heteroatoms. The Bertz CT molecular complexity index is 740. The Morgan fingerprint density at radius 2 is 2.00 bits per heavy atom. The fourth-order valence-electron chi connectivity index (χ4n) is 3.09. The maximum atomic E-state index is 12.6. The highest BCUT2D eigenvalue weighted by atomic mass is 16.5. The smallest absolute Gasteiger partial charge is 0.325 e. The second-order valence-corrected chi connectivity index (χ2v) is 6.97. The van der Waals surface area contributed by atoms with Crippen LogP contribution in [-0.2, 0) is 25.5 Å². The largest absolute Gasteiger partial charge is 0.465 e. The summed E-state index contributed by atoms with van der Waals surface area (Å²) in [5.74, 6) is -0.0961. The Labute approximate surface area is 165 Å². The molecule has 1 aliphatic rings. The van der Waals surface area contributed by atoms with E-state index >= 15 is 0 Å². The van der Waals surface area contributed by atoms with Crippen LogP contribution in [0.25, 0.3) is 0 Å². The predicted molar refractivity (Wildman–Crippen MR) is 104 cm³/mol. The number of nitrogens with zero attached hydrogens (tertiary/aromatic N) is 3. The average molecular weight is 394 g/mol. The lowest BCUT2D eigenvalue weighted by atomic mass is 10.1. The molecule has 0 radical (unpaired) electrons. The second kappa shape index (κ2) is 10.2. The van der Waals surface area contributed by atoms with E-state index in [1.807, 2.05) is 18.7 Å². The number of esters is 1. The first-order valence-electron chi connectivity index (χ1n) is 9.71. The van der Waals surface area contributed by atoms with Gasteiger partial charge in [-0.15, -0.1) is 0 Å². The lowest BCUT2D eigenvalue weighted by Gasteiger charge is -2.27. The molecule has 0 saturated carbocycles. The number of ether oxygens (including phenoxy) is 2. The molecule has 2 rings (SSSR count). The van der Waals surface area contributed by atoms with Crippen molar-refractivity contribution in [1.82, 2.24) is 14.9 Å². The van der Waals surface area contributed by atoms with Crippen molar-refractivity contribution in [1.29, 1.82) is 0 Å². The topological polar surface area (TPSA) is 105 Å². The highest BCUT2D eigenvalue weighted by Gasteiger charge is 2.22. The van der Waals surface area contributed by atoms with Crippen molar-refractivity contribution in [3.63, 3.8) is 0 Å². The van der Waals surface area contributed by atoms with Gasteiger partial charge in [-0.2, -0.15) is 0 Å². The van der Waals surface area contributed by atoms with Crippen molar-refractivity contribution in [3.05, 3.63) is 21.6 Å². The zero-order valence-corrected chi connectivity index (χ0v) is 17.1. The summed E-state index contributed by atoms with van der Waals surface area (Å²) in [4.78, 5) is 47.6. The van der Waals surface area contributed by atoms with Crippen LogP contribution in [0.4, 0.5) is 5.95 Å². The molecule has 0 atom stereocenters. The molecule has 0 spiro atoms. The molecule has 0 bridgehead atoms. The molecule has 0 unspecified atom stereocenters. The monoisotopic (exact) mass is 394 g/mol. The highest BCUT2D eigenvalue weighted by Crippen LogP contribution is 2.12. The van der Waals surface area contributed by atoms with Gasteiger partial charge in [0, 0.05) is 36.8 Å². The van der Waals surface area contributed by atoms with E-state index in [0.717, 1.165) is 0 Å². The molecule has 9 nitrogen and oxygen atoms in total. The van der Waals surface area contributed by atoms with Gasteiger partial charge in [0.05, 0.1) is 19.8 Å². The fraction of sp³-hybridized carbons (Fsp3) is 0.684. The summed E-state index contributed by atoms with van der Waals surface area (Å²) in [5.41, 5.74) is 0.869. The van der Waals surface area contributed by atoms with Crippen molar-refractivity contribution in [2.75, 3.05) is 44.4 Å². The molecule has 1 aromatic rings. The first-order valence-corrected chi connectivity index (χ1v) is 9.71. The highest BCUT2D eigenvalue weighted by molar-refractivity contribution is 5.82. The SMILES string of the molecule is CCOC(=O)CN(C(=O)CCc1c(C)nc(N2CCOCC2)[nH]c1=O)C(C)C. The lowest BCUT2D eigenvalue weighted by Crippen LogP contribution is -2.41. The average Bonchev–Trinajstić information content (AvgIpc) is 2.65. The Hall–Kier alpha value is -2.42. The summed E-state index contributed by atoms with van der Waals surface area (Å²) in [6.07, 6.45) is 0.391. The maximum absolute atomic E-state index is 12.6. The van der Waals surface area contributed by atoms with Gasteiger partial charge in [0.15, 0.2) is 0 Å². The van der Waals surface area contributed by atoms with Crippen molar-refractivity contribution in [2.45, 2.75) is 46.6 Å². The quantitative estimate of drug-likeness (QED) is 0.645. The first kappa shape index (κ1) is 21.9. The number of carbonyl (C=O) groups excluding carboxylic acids is 2. The molecule has 156 valence electrons. The van der Waals surface area contributed by atoms with Crippen LogP contribution in [0.5, 0.6) is 0 Å². The summed E-state index contributed by atoms with van der Waals surface area (Å²) >= 11 is 0. The number of amides is 1. The summed E-state index contributed by atoms with van der Waals surface area (Å²) in [7, 11) is 0. The van der Waals surface area contributed by atoms with E-state index in [9.17, 15) is 14.4 Å². The molecule has 1 fully saturated rings. The molecule has 1 aliphatic heterocycles. The third-order valence-corrected chi connectivity index (χ3v) is 4.66. The van der Waals surface area contributed by atoms with Gasteiger partial charge in [0.2, 0.25) is 11.9 Å². The number of aromatic nitrogens is 2. The summed E-state index contributed by atoms with van der Waals surface area (Å²) in [6, 6.07) is -0.141. The van der Waals surface area contributed by atoms with E-state index in [0.29, 0.717) is 43.5 Å². The van der Waals surface area contributed by atoms with Crippen molar-refractivity contribution >= 4 is 17.8 Å². The zero-order chi connectivity index (χ0) is 20.7. The Balaban J connectivity index is 2.05. The van der Waals surface area contributed by atoms with Crippen LogP contribution >= 0.6 is 0 Å². The van der Waals surface area contributed by atoms with Crippen molar-refractivity contribution in [3.8, 4) is 0 Å². The normalized spacial score (nSPS) is 14.2. The number of carbonyl (C=O) groups is 2. The lowest BCUT2D eigenvalue weighted by molar-refractivity contribution is -0.150. The molecular weight excluding hydrogens is 364 g/mol. The van der Waals surface area contributed by atoms with Gasteiger partial charge in [0.1, 0.15) is 6.54 Å². The molecule has 1 amide bonds. The van der Waals surface area contributed by atoms with Crippen molar-refractivity contribution in [2.24, 2.45) is 0 Å². The van der Waals surface area contributed by atoms with E-state index in [4.69, 9.17) is 9.47 Å². The van der Waals surface area contributed by atoms with Gasteiger partial charge in [-0.25, -0.2) is 4.98 Å². The molecule has 1 N–H and O–H groups in total. The molecule has 0 aromatic carbocycles. The van der Waals surface area contributed by atoms with Crippen molar-refractivity contribution < 1.29 is 19.1 Å². The maximum Gasteiger partial charge on any atom is 0.325 e. The van der Waals surface area contributed by atoms with Gasteiger partial charge in [0.25, 0.3) is 5.56 Å². The van der Waals surface area contributed by atoms with Crippen LogP contribution in [0.1, 0.15) is 38.4 Å². The Morgan fingerprint density at radius 3 is 2.57 bits per heavy atom. The van der Waals surface area contributed by atoms with Gasteiger partial charge in [-0.1, -0.05) is 0 Å². The van der Waals surface area contributed by atoms with Gasteiger partial charge < -0.3 is 19.3 Å². The number of morpholine rings is 1. The molecule has 1 aromatic heterocycles. The Morgan fingerprint density at radius 1 is 1.32 bits per heavy atom. The number of H-pyrrole nitrogens is 1. The number of aryl methyl sites for hydroxylation is 1. The second-order valence-electron chi connectivity index (χ2n) is 6.97. The Kier molecular flexibility index (Phi) is 7.98. The summed E-state index contributed by atoms with van der Waals surface area (Å²) in [5, 5.41) is 0. The van der Waals surface area contributed by atoms with E-state index in [-0.39, 0.29) is 43.5 Å². The molecule has 1 saturated heterocycles. The number of aromatic amines is 1. The van der Waals surface area contributed by atoms with Gasteiger partial charge >= 0.3 is 5.97 Å². The predicted octanol–water partition coefficient (Wildman–Crippen LogP) is 0.648. The zero-order valence-electron chi connectivity index (χ0n) is 17.1. The number of hydrogen-bond donors (Lipinski definition) is 1. The van der Waals surface area contributed by atoms with Gasteiger partial charge in [-0.05, 0) is 34.1 Å². The number of rotatable bonds is 8. The number of hydrogen-bond acceptors (Lipinski definition) is 7. The summed E-state index contributed by atoms with van der Waals surface area (Å²) < 4.78 is 10.3. The van der Waals surface area contributed by atoms with Crippen LogP contribution in [0.2, 0.25) is 0 Å². The minimum Gasteiger partial charge on any atom is -0.465 e. The molecular formula is C19H30N4O5. The minimum absolute atomic E-state index is 0.0894. The van der Waals surface area contributed by atoms with Crippen LogP contribution in [-0.4, -0.2) is 72.2 Å². The van der Waals surface area contributed by atoms with Crippen LogP contribution in [0.15, 0.2) is 4.79 Å². The first-order chi connectivity index (χ1) is 13.3. The molecule has 28 heavy (non-hydrogen) atoms. The van der Waals surface area contributed by atoms with E-state index in [1.165, 1.54) is 4.90 Å². The minimum atomic E-state index is -0.435. The van der Waals surface area contributed by atoms with Crippen LogP contribution in [0, 0.1) is 6.92 Å². The van der Waals surface area contributed by atoms with Gasteiger partial charge in [-0.3, -0.25) is 19.4 Å². The third-order valence-electron chi connectivity index (χ3n) is 4.66. The van der Waals surface area contributed by atoms with E-state index < -0.39 is 5.97 Å². The fourth-order valence-corrected chi connectivity index (χ4v) is 3.09. The van der Waals surface area contributed by atoms with Crippen LogP contribution in [0.3, 0.4) is 0 Å².